The van der Waals surface area contributed by atoms with Crippen molar-refractivity contribution in [2.24, 2.45) is 0 Å². The minimum Gasteiger partial charge on any atom is -0.370 e. The van der Waals surface area contributed by atoms with Gasteiger partial charge in [0.1, 0.15) is 0 Å². The minimum absolute atomic E-state index is 0.124. The summed E-state index contributed by atoms with van der Waals surface area (Å²) in [6.45, 7) is 1.95. The van der Waals surface area contributed by atoms with Gasteiger partial charge in [0.15, 0.2) is 5.78 Å². The summed E-state index contributed by atoms with van der Waals surface area (Å²) < 4.78 is 0. The second-order valence-corrected chi connectivity index (χ2v) is 4.73. The van der Waals surface area contributed by atoms with E-state index < -0.39 is 4.92 Å². The van der Waals surface area contributed by atoms with Gasteiger partial charge in [-0.1, -0.05) is 0 Å². The number of ketones is 1. The number of benzene rings is 1. The van der Waals surface area contributed by atoms with Gasteiger partial charge < -0.3 is 4.90 Å². The molecule has 0 radical (unpaired) electrons. The van der Waals surface area contributed by atoms with E-state index in [2.05, 4.69) is 4.98 Å². The van der Waals surface area contributed by atoms with Crippen LogP contribution in [0, 0.1) is 10.1 Å². The largest absolute Gasteiger partial charge is 0.370 e. The Bertz CT molecular complexity index is 671. The molecule has 0 spiro atoms. The van der Waals surface area contributed by atoms with Gasteiger partial charge in [0.2, 0.25) is 0 Å². The molecule has 1 heterocycles. The van der Waals surface area contributed by atoms with Crippen LogP contribution in [0.1, 0.15) is 22.8 Å². The summed E-state index contributed by atoms with van der Waals surface area (Å²) in [5.41, 5.74) is 1.78. The Balaban J connectivity index is 2.30. The van der Waals surface area contributed by atoms with Gasteiger partial charge >= 0.3 is 0 Å². The van der Waals surface area contributed by atoms with E-state index in [9.17, 15) is 14.9 Å². The maximum absolute atomic E-state index is 11.6. The molecule has 108 valence electrons. The zero-order valence-corrected chi connectivity index (χ0v) is 11.8. The van der Waals surface area contributed by atoms with E-state index in [1.54, 1.807) is 24.5 Å². The lowest BCUT2D eigenvalue weighted by atomic mass is 10.1. The van der Waals surface area contributed by atoms with Crippen LogP contribution in [0.3, 0.4) is 0 Å². The van der Waals surface area contributed by atoms with Gasteiger partial charge in [0.25, 0.3) is 5.69 Å². The molecule has 21 heavy (non-hydrogen) atoms. The van der Waals surface area contributed by atoms with Gasteiger partial charge in [0, 0.05) is 37.7 Å². The van der Waals surface area contributed by atoms with Gasteiger partial charge in [-0.15, -0.1) is 0 Å². The highest BCUT2D eigenvalue weighted by atomic mass is 16.6. The Morgan fingerprint density at radius 3 is 2.52 bits per heavy atom. The molecule has 0 fully saturated rings. The van der Waals surface area contributed by atoms with Crippen molar-refractivity contribution in [1.29, 1.82) is 0 Å². The molecule has 0 atom stereocenters. The Morgan fingerprint density at radius 2 is 1.95 bits per heavy atom. The molecule has 0 amide bonds. The van der Waals surface area contributed by atoms with E-state index in [-0.39, 0.29) is 17.0 Å². The molecule has 0 saturated carbocycles. The molecule has 0 unspecified atom stereocenters. The normalized spacial score (nSPS) is 10.2. The number of rotatable bonds is 5. The number of aromatic nitrogens is 1. The van der Waals surface area contributed by atoms with Crippen molar-refractivity contribution in [1.82, 2.24) is 4.98 Å². The monoisotopic (exact) mass is 285 g/mol. The molecule has 6 heteroatoms. The zero-order chi connectivity index (χ0) is 15.4. The Hall–Kier alpha value is -2.76. The number of nitrogens with zero attached hydrogens (tertiary/aromatic N) is 3. The van der Waals surface area contributed by atoms with Crippen LogP contribution in [-0.2, 0) is 6.54 Å². The number of hydrogen-bond acceptors (Lipinski definition) is 5. The summed E-state index contributed by atoms with van der Waals surface area (Å²) in [6.07, 6.45) is 3.42. The summed E-state index contributed by atoms with van der Waals surface area (Å²) in [5.74, 6) is -0.319. The Kier molecular flexibility index (Phi) is 4.27. The molecule has 0 N–H and O–H groups in total. The van der Waals surface area contributed by atoms with Crippen molar-refractivity contribution in [2.45, 2.75) is 13.5 Å². The van der Waals surface area contributed by atoms with Crippen molar-refractivity contribution < 1.29 is 9.72 Å². The van der Waals surface area contributed by atoms with E-state index in [4.69, 9.17) is 0 Å². The molecule has 1 aromatic carbocycles. The molecule has 0 aliphatic heterocycles. The van der Waals surface area contributed by atoms with Crippen LogP contribution in [0.2, 0.25) is 0 Å². The van der Waals surface area contributed by atoms with Crippen LogP contribution in [0.5, 0.6) is 0 Å². The molecule has 0 bridgehead atoms. The molecule has 6 nitrogen and oxygen atoms in total. The number of carbonyl (C=O) groups is 1. The van der Waals surface area contributed by atoms with Gasteiger partial charge in [-0.25, -0.2) is 0 Å². The van der Waals surface area contributed by atoms with Crippen molar-refractivity contribution in [2.75, 3.05) is 11.9 Å². The van der Waals surface area contributed by atoms with Crippen molar-refractivity contribution in [3.8, 4) is 0 Å². The zero-order valence-electron chi connectivity index (χ0n) is 11.8. The number of nitro benzene ring substituents is 1. The average Bonchev–Trinajstić information content (AvgIpc) is 2.47. The molecule has 1 aromatic heterocycles. The smallest absolute Gasteiger partial charge is 0.280 e. The van der Waals surface area contributed by atoms with Crippen LogP contribution in [0.15, 0.2) is 42.7 Å². The lowest BCUT2D eigenvalue weighted by molar-refractivity contribution is -0.385. The second-order valence-electron chi connectivity index (χ2n) is 4.73. The third-order valence-electron chi connectivity index (χ3n) is 3.17. The van der Waals surface area contributed by atoms with Crippen molar-refractivity contribution >= 4 is 17.2 Å². The summed E-state index contributed by atoms with van der Waals surface area (Å²) in [7, 11) is 1.87. The fourth-order valence-corrected chi connectivity index (χ4v) is 2.06. The van der Waals surface area contributed by atoms with Crippen LogP contribution in [0.25, 0.3) is 0 Å². The first-order valence-corrected chi connectivity index (χ1v) is 6.38. The molecular weight excluding hydrogens is 270 g/mol. The summed E-state index contributed by atoms with van der Waals surface area (Å²) in [5, 5.41) is 10.9. The van der Waals surface area contributed by atoms with Gasteiger partial charge in [0.05, 0.1) is 10.5 Å². The predicted molar refractivity (Wildman–Crippen MR) is 79.4 cm³/mol. The quantitative estimate of drug-likeness (QED) is 0.479. The highest BCUT2D eigenvalue weighted by Gasteiger charge is 2.18. The topological polar surface area (TPSA) is 76.3 Å². The first-order chi connectivity index (χ1) is 9.99. The van der Waals surface area contributed by atoms with E-state index in [0.717, 1.165) is 11.3 Å². The van der Waals surface area contributed by atoms with E-state index in [1.807, 2.05) is 24.1 Å². The molecule has 0 aliphatic rings. The maximum atomic E-state index is 11.6. The molecule has 2 rings (SSSR count). The SMILES string of the molecule is CC(=O)c1cc(N(C)Cc2ccncc2)ccc1[N+](=O)[O-]. The summed E-state index contributed by atoms with van der Waals surface area (Å²) >= 11 is 0. The van der Waals surface area contributed by atoms with Crippen molar-refractivity contribution in [3.05, 3.63) is 64.0 Å². The summed E-state index contributed by atoms with van der Waals surface area (Å²) in [6, 6.07) is 8.37. The van der Waals surface area contributed by atoms with Crippen LogP contribution < -0.4 is 4.90 Å². The molecular formula is C15H15N3O3. The molecule has 0 aliphatic carbocycles. The Morgan fingerprint density at radius 1 is 1.29 bits per heavy atom. The van der Waals surface area contributed by atoms with E-state index in [0.29, 0.717) is 6.54 Å². The van der Waals surface area contributed by atoms with Gasteiger partial charge in [-0.05, 0) is 36.8 Å². The van der Waals surface area contributed by atoms with Crippen molar-refractivity contribution in [3.63, 3.8) is 0 Å². The summed E-state index contributed by atoms with van der Waals surface area (Å²) in [4.78, 5) is 27.8. The Labute approximate surface area is 122 Å². The third kappa shape index (κ3) is 3.42. The number of hydrogen-bond donors (Lipinski definition) is 0. The number of anilines is 1. The van der Waals surface area contributed by atoms with E-state index in [1.165, 1.54) is 13.0 Å². The van der Waals surface area contributed by atoms with Crippen LogP contribution in [0.4, 0.5) is 11.4 Å². The standard InChI is InChI=1S/C15H15N3O3/c1-11(19)14-9-13(3-4-15(14)18(20)21)17(2)10-12-5-7-16-8-6-12/h3-9H,10H2,1-2H3. The van der Waals surface area contributed by atoms with Crippen LogP contribution in [-0.4, -0.2) is 22.7 Å². The highest BCUT2D eigenvalue weighted by Crippen LogP contribution is 2.25. The first-order valence-electron chi connectivity index (χ1n) is 6.38. The molecule has 0 saturated heterocycles. The number of Topliss-reactive ketones (excluding diaryl/α,β-unsaturated/α-hetero) is 1. The van der Waals surface area contributed by atoms with E-state index >= 15 is 0 Å². The number of carbonyl (C=O) groups excluding carboxylic acids is 1. The fraction of sp³-hybridized carbons (Fsp3) is 0.200. The average molecular weight is 285 g/mol. The first kappa shape index (κ1) is 14.6. The van der Waals surface area contributed by atoms with Gasteiger partial charge in [-0.3, -0.25) is 19.9 Å². The third-order valence-corrected chi connectivity index (χ3v) is 3.17. The fourth-order valence-electron chi connectivity index (χ4n) is 2.06. The predicted octanol–water partition coefficient (Wildman–Crippen LogP) is 2.83. The van der Waals surface area contributed by atoms with Crippen LogP contribution >= 0.6 is 0 Å². The lowest BCUT2D eigenvalue weighted by Gasteiger charge is -2.19. The lowest BCUT2D eigenvalue weighted by Crippen LogP contribution is -2.17. The minimum atomic E-state index is -0.538. The van der Waals surface area contributed by atoms with Gasteiger partial charge in [-0.2, -0.15) is 0 Å². The number of nitro groups is 1. The second kappa shape index (κ2) is 6.13. The number of pyridine rings is 1. The molecule has 2 aromatic rings. The maximum Gasteiger partial charge on any atom is 0.280 e. The highest BCUT2D eigenvalue weighted by molar-refractivity contribution is 5.99.